The number of likely N-dealkylation sites (tertiary alicyclic amines) is 1. The van der Waals surface area contributed by atoms with Crippen molar-refractivity contribution in [2.45, 2.75) is 18.4 Å². The van der Waals surface area contributed by atoms with Gasteiger partial charge in [0.15, 0.2) is 0 Å². The summed E-state index contributed by atoms with van der Waals surface area (Å²) in [6, 6.07) is 6.12. The van der Waals surface area contributed by atoms with E-state index in [9.17, 15) is 14.4 Å². The number of urea groups is 2. The molecule has 2 saturated heterocycles. The summed E-state index contributed by atoms with van der Waals surface area (Å²) in [5.41, 5.74) is -0.213. The number of amides is 5. The molecular formula is C14H15ClN4O3. The second-order valence-electron chi connectivity index (χ2n) is 5.41. The molecule has 2 aliphatic heterocycles. The number of piperidine rings is 1. The highest BCUT2D eigenvalue weighted by atomic mass is 35.5. The van der Waals surface area contributed by atoms with Crippen molar-refractivity contribution >= 4 is 35.3 Å². The Kier molecular flexibility index (Phi) is 3.66. The van der Waals surface area contributed by atoms with Gasteiger partial charge in [-0.05, 0) is 37.1 Å². The van der Waals surface area contributed by atoms with Gasteiger partial charge in [0, 0.05) is 23.8 Å². The van der Waals surface area contributed by atoms with Crippen molar-refractivity contribution in [2.24, 2.45) is 0 Å². The Hall–Kier alpha value is -2.28. The number of nitrogens with one attached hydrogen (secondary N) is 3. The van der Waals surface area contributed by atoms with Gasteiger partial charge in [-0.2, -0.15) is 0 Å². The average Bonchev–Trinajstić information content (AvgIpc) is 2.76. The van der Waals surface area contributed by atoms with Gasteiger partial charge in [0.05, 0.1) is 0 Å². The minimum Gasteiger partial charge on any atom is -0.324 e. The first-order chi connectivity index (χ1) is 10.5. The first kappa shape index (κ1) is 14.6. The normalized spacial score (nSPS) is 19.8. The molecule has 0 aliphatic carbocycles. The zero-order valence-electron chi connectivity index (χ0n) is 11.7. The molecule has 5 amide bonds. The molecule has 3 rings (SSSR count). The molecule has 1 spiro atoms. The Bertz CT molecular complexity index is 623. The van der Waals surface area contributed by atoms with Gasteiger partial charge in [-0.15, -0.1) is 0 Å². The third-order valence-corrected chi connectivity index (χ3v) is 4.27. The van der Waals surface area contributed by atoms with Crippen LogP contribution in [0.1, 0.15) is 12.8 Å². The second kappa shape index (κ2) is 5.49. The van der Waals surface area contributed by atoms with E-state index in [1.807, 2.05) is 0 Å². The van der Waals surface area contributed by atoms with Crippen LogP contribution in [0.3, 0.4) is 0 Å². The van der Waals surface area contributed by atoms with Crippen molar-refractivity contribution < 1.29 is 14.4 Å². The highest BCUT2D eigenvalue weighted by Gasteiger charge is 2.48. The van der Waals surface area contributed by atoms with Crippen molar-refractivity contribution in [1.82, 2.24) is 15.5 Å². The van der Waals surface area contributed by atoms with E-state index in [0.29, 0.717) is 36.6 Å². The smallest absolute Gasteiger partial charge is 0.322 e. The molecule has 22 heavy (non-hydrogen) atoms. The molecule has 0 unspecified atom stereocenters. The lowest BCUT2D eigenvalue weighted by molar-refractivity contribution is -0.125. The number of carbonyl (C=O) groups is 3. The zero-order valence-corrected chi connectivity index (χ0v) is 12.4. The molecule has 2 fully saturated rings. The van der Waals surface area contributed by atoms with Crippen LogP contribution in [0.15, 0.2) is 24.3 Å². The average molecular weight is 323 g/mol. The standard InChI is InChI=1S/C14H15ClN4O3/c15-9-1-3-10(4-2-9)16-13(22)19-7-5-14(6-8-19)11(20)17-12(21)18-14/h1-4H,5-8H2,(H,16,22)(H2,17,18,20,21). The van der Waals surface area contributed by atoms with Gasteiger partial charge >= 0.3 is 12.1 Å². The molecule has 0 bridgehead atoms. The van der Waals surface area contributed by atoms with Crippen molar-refractivity contribution in [3.8, 4) is 0 Å². The maximum atomic E-state index is 12.2. The lowest BCUT2D eigenvalue weighted by Crippen LogP contribution is -2.56. The quantitative estimate of drug-likeness (QED) is 0.685. The van der Waals surface area contributed by atoms with Crippen molar-refractivity contribution in [2.75, 3.05) is 18.4 Å². The summed E-state index contributed by atoms with van der Waals surface area (Å²) in [7, 11) is 0. The predicted molar refractivity (Wildman–Crippen MR) is 80.7 cm³/mol. The molecule has 2 aliphatic rings. The van der Waals surface area contributed by atoms with Crippen LogP contribution >= 0.6 is 11.6 Å². The number of benzene rings is 1. The van der Waals surface area contributed by atoms with Crippen LogP contribution in [0, 0.1) is 0 Å². The Morgan fingerprint density at radius 3 is 2.36 bits per heavy atom. The van der Waals surface area contributed by atoms with E-state index in [-0.39, 0.29) is 11.9 Å². The van der Waals surface area contributed by atoms with Gasteiger partial charge in [-0.3, -0.25) is 10.1 Å². The van der Waals surface area contributed by atoms with Gasteiger partial charge in [0.1, 0.15) is 5.54 Å². The minimum absolute atomic E-state index is 0.234. The Morgan fingerprint density at radius 2 is 1.82 bits per heavy atom. The monoisotopic (exact) mass is 322 g/mol. The first-order valence-electron chi connectivity index (χ1n) is 6.94. The summed E-state index contributed by atoms with van der Waals surface area (Å²) in [6.07, 6.45) is 0.803. The van der Waals surface area contributed by atoms with Gasteiger partial charge < -0.3 is 15.5 Å². The lowest BCUT2D eigenvalue weighted by atomic mass is 9.88. The van der Waals surface area contributed by atoms with E-state index in [1.54, 1.807) is 29.2 Å². The third kappa shape index (κ3) is 2.71. The van der Waals surface area contributed by atoms with E-state index < -0.39 is 11.6 Å². The fourth-order valence-electron chi connectivity index (χ4n) is 2.71. The number of carbonyl (C=O) groups excluding carboxylic acids is 3. The summed E-state index contributed by atoms with van der Waals surface area (Å²) in [6.45, 7) is 0.792. The largest absolute Gasteiger partial charge is 0.324 e. The van der Waals surface area contributed by atoms with Gasteiger partial charge in [0.25, 0.3) is 5.91 Å². The molecule has 1 aromatic carbocycles. The summed E-state index contributed by atoms with van der Waals surface area (Å²) in [5.74, 6) is -0.310. The van der Waals surface area contributed by atoms with Crippen LogP contribution in [0.25, 0.3) is 0 Å². The molecule has 116 valence electrons. The van der Waals surface area contributed by atoms with Crippen LogP contribution < -0.4 is 16.0 Å². The summed E-state index contributed by atoms with van der Waals surface area (Å²) in [5, 5.41) is 8.28. The van der Waals surface area contributed by atoms with Crippen LogP contribution in [0.5, 0.6) is 0 Å². The van der Waals surface area contributed by atoms with Crippen LogP contribution in [-0.4, -0.2) is 41.5 Å². The Morgan fingerprint density at radius 1 is 1.18 bits per heavy atom. The highest BCUT2D eigenvalue weighted by Crippen LogP contribution is 2.26. The molecule has 2 heterocycles. The molecular weight excluding hydrogens is 308 g/mol. The predicted octanol–water partition coefficient (Wildman–Crippen LogP) is 1.55. The van der Waals surface area contributed by atoms with Crippen LogP contribution in [-0.2, 0) is 4.79 Å². The number of hydrogen-bond donors (Lipinski definition) is 3. The molecule has 8 heteroatoms. The summed E-state index contributed by atoms with van der Waals surface area (Å²) >= 11 is 5.80. The van der Waals surface area contributed by atoms with E-state index >= 15 is 0 Å². The van der Waals surface area contributed by atoms with Crippen molar-refractivity contribution in [3.05, 3.63) is 29.3 Å². The van der Waals surface area contributed by atoms with Gasteiger partial charge in [0.2, 0.25) is 0 Å². The van der Waals surface area contributed by atoms with Gasteiger partial charge in [-0.25, -0.2) is 9.59 Å². The molecule has 0 saturated carbocycles. The topological polar surface area (TPSA) is 90.5 Å². The Balaban J connectivity index is 1.59. The van der Waals surface area contributed by atoms with E-state index in [2.05, 4.69) is 16.0 Å². The number of nitrogens with zero attached hydrogens (tertiary/aromatic N) is 1. The van der Waals surface area contributed by atoms with Crippen molar-refractivity contribution in [3.63, 3.8) is 0 Å². The maximum Gasteiger partial charge on any atom is 0.322 e. The van der Waals surface area contributed by atoms with E-state index in [4.69, 9.17) is 11.6 Å². The fraction of sp³-hybridized carbons (Fsp3) is 0.357. The summed E-state index contributed by atoms with van der Waals surface area (Å²) in [4.78, 5) is 36.9. The third-order valence-electron chi connectivity index (χ3n) is 4.01. The lowest BCUT2D eigenvalue weighted by Gasteiger charge is -2.36. The number of halogens is 1. The molecule has 0 aromatic heterocycles. The zero-order chi connectivity index (χ0) is 15.7. The number of imide groups is 1. The Labute approximate surface area is 132 Å². The number of hydrogen-bond acceptors (Lipinski definition) is 3. The van der Waals surface area contributed by atoms with Crippen molar-refractivity contribution in [1.29, 1.82) is 0 Å². The fourth-order valence-corrected chi connectivity index (χ4v) is 2.83. The molecule has 0 radical (unpaired) electrons. The van der Waals surface area contributed by atoms with Crippen LogP contribution in [0.2, 0.25) is 5.02 Å². The maximum absolute atomic E-state index is 12.2. The number of rotatable bonds is 1. The minimum atomic E-state index is -0.867. The van der Waals surface area contributed by atoms with Gasteiger partial charge in [-0.1, -0.05) is 11.6 Å². The molecule has 3 N–H and O–H groups in total. The second-order valence-corrected chi connectivity index (χ2v) is 5.85. The van der Waals surface area contributed by atoms with E-state index in [0.717, 1.165) is 0 Å². The molecule has 7 nitrogen and oxygen atoms in total. The SMILES string of the molecule is O=C1NC(=O)C2(CCN(C(=O)Nc3ccc(Cl)cc3)CC2)N1. The first-order valence-corrected chi connectivity index (χ1v) is 7.31. The molecule has 1 aromatic rings. The molecule has 0 atom stereocenters. The highest BCUT2D eigenvalue weighted by molar-refractivity contribution is 6.30. The van der Waals surface area contributed by atoms with E-state index in [1.165, 1.54) is 0 Å². The van der Waals surface area contributed by atoms with Crippen LogP contribution in [0.4, 0.5) is 15.3 Å². The number of anilines is 1. The summed E-state index contributed by atoms with van der Waals surface area (Å²) < 4.78 is 0.